The zero-order valence-electron chi connectivity index (χ0n) is 10.3. The van der Waals surface area contributed by atoms with Gasteiger partial charge in [0.05, 0.1) is 6.42 Å². The van der Waals surface area contributed by atoms with E-state index in [1.807, 2.05) is 0 Å². The third kappa shape index (κ3) is 3.70. The topological polar surface area (TPSA) is 52.1 Å². The van der Waals surface area contributed by atoms with Crippen molar-refractivity contribution in [2.45, 2.75) is 32.6 Å². The minimum Gasteiger partial charge on any atom is -0.377 e. The Morgan fingerprint density at radius 1 is 1.31 bits per heavy atom. The molecule has 0 aromatic carbocycles. The van der Waals surface area contributed by atoms with Crippen LogP contribution >= 0.6 is 0 Å². The highest BCUT2D eigenvalue weighted by atomic mass is 16.5. The van der Waals surface area contributed by atoms with Crippen LogP contribution in [-0.2, 0) is 21.4 Å². The first kappa shape index (κ1) is 12.8. The fourth-order valence-electron chi connectivity index (χ4n) is 1.22. The molecule has 0 bridgehead atoms. The van der Waals surface area contributed by atoms with Crippen LogP contribution in [0, 0.1) is 0 Å². The van der Waals surface area contributed by atoms with Gasteiger partial charge in [-0.15, -0.1) is 0 Å². The van der Waals surface area contributed by atoms with Crippen molar-refractivity contribution < 1.29 is 9.53 Å². The molecule has 88 valence electrons. The Hall–Kier alpha value is -1.29. The third-order valence-electron chi connectivity index (χ3n) is 2.23. The Kier molecular flexibility index (Phi) is 4.12. The number of methoxy groups -OCH3 is 1. The SMILES string of the molecule is COCC(=O)Cc1ncc(C(C)(C)C)cn1. The van der Waals surface area contributed by atoms with Crippen molar-refractivity contribution in [2.75, 3.05) is 13.7 Å². The summed E-state index contributed by atoms with van der Waals surface area (Å²) in [5.74, 6) is 0.543. The minimum atomic E-state index is -0.00833. The maximum Gasteiger partial charge on any atom is 0.166 e. The molecule has 0 aliphatic rings. The highest BCUT2D eigenvalue weighted by Crippen LogP contribution is 2.19. The average Bonchev–Trinajstić information content (AvgIpc) is 2.17. The average molecular weight is 222 g/mol. The molecule has 4 heteroatoms. The van der Waals surface area contributed by atoms with E-state index in [2.05, 4.69) is 30.7 Å². The van der Waals surface area contributed by atoms with Gasteiger partial charge in [0.1, 0.15) is 12.4 Å². The number of hydrogen-bond acceptors (Lipinski definition) is 4. The third-order valence-corrected chi connectivity index (χ3v) is 2.23. The number of carbonyl (C=O) groups is 1. The molecule has 0 saturated heterocycles. The molecule has 1 rings (SSSR count). The summed E-state index contributed by atoms with van der Waals surface area (Å²) in [7, 11) is 1.50. The monoisotopic (exact) mass is 222 g/mol. The maximum atomic E-state index is 11.3. The van der Waals surface area contributed by atoms with E-state index in [-0.39, 0.29) is 24.2 Å². The van der Waals surface area contributed by atoms with Crippen LogP contribution in [0.1, 0.15) is 32.2 Å². The number of hydrogen-bond donors (Lipinski definition) is 0. The first-order chi connectivity index (χ1) is 7.43. The Morgan fingerprint density at radius 3 is 2.31 bits per heavy atom. The summed E-state index contributed by atoms with van der Waals surface area (Å²) >= 11 is 0. The maximum absolute atomic E-state index is 11.3. The number of nitrogens with zero attached hydrogens (tertiary/aromatic N) is 2. The van der Waals surface area contributed by atoms with Gasteiger partial charge in [-0.1, -0.05) is 20.8 Å². The Morgan fingerprint density at radius 2 is 1.88 bits per heavy atom. The summed E-state index contributed by atoms with van der Waals surface area (Å²) in [4.78, 5) is 19.6. The van der Waals surface area contributed by atoms with Crippen LogP contribution < -0.4 is 0 Å². The van der Waals surface area contributed by atoms with Gasteiger partial charge in [-0.2, -0.15) is 0 Å². The molecule has 0 atom stereocenters. The number of Topliss-reactive ketones (excluding diaryl/α,β-unsaturated/α-hetero) is 1. The molecule has 0 radical (unpaired) electrons. The van der Waals surface area contributed by atoms with Crippen molar-refractivity contribution in [2.24, 2.45) is 0 Å². The van der Waals surface area contributed by atoms with E-state index in [0.717, 1.165) is 5.56 Å². The Bertz CT molecular complexity index is 352. The van der Waals surface area contributed by atoms with Gasteiger partial charge in [0.2, 0.25) is 0 Å². The van der Waals surface area contributed by atoms with E-state index in [1.54, 1.807) is 12.4 Å². The van der Waals surface area contributed by atoms with Gasteiger partial charge in [-0.05, 0) is 11.0 Å². The van der Waals surface area contributed by atoms with Crippen molar-refractivity contribution in [1.82, 2.24) is 9.97 Å². The summed E-state index contributed by atoms with van der Waals surface area (Å²) in [6, 6.07) is 0. The van der Waals surface area contributed by atoms with E-state index >= 15 is 0 Å². The fraction of sp³-hybridized carbons (Fsp3) is 0.583. The molecule has 0 fully saturated rings. The molecule has 0 amide bonds. The summed E-state index contributed by atoms with van der Waals surface area (Å²) < 4.78 is 4.75. The van der Waals surface area contributed by atoms with Crippen molar-refractivity contribution >= 4 is 5.78 Å². The largest absolute Gasteiger partial charge is 0.377 e. The van der Waals surface area contributed by atoms with Crippen molar-refractivity contribution in [3.8, 4) is 0 Å². The second-order valence-electron chi connectivity index (χ2n) is 4.79. The number of aromatic nitrogens is 2. The van der Waals surface area contributed by atoms with Gasteiger partial charge in [-0.3, -0.25) is 4.79 Å². The molecule has 1 aromatic rings. The van der Waals surface area contributed by atoms with E-state index in [0.29, 0.717) is 5.82 Å². The van der Waals surface area contributed by atoms with Crippen LogP contribution in [-0.4, -0.2) is 29.5 Å². The Labute approximate surface area is 96.1 Å². The lowest BCUT2D eigenvalue weighted by molar-refractivity contribution is -0.122. The number of ether oxygens (including phenoxy) is 1. The summed E-state index contributed by atoms with van der Waals surface area (Å²) in [6.45, 7) is 6.41. The molecule has 1 heterocycles. The fourth-order valence-corrected chi connectivity index (χ4v) is 1.22. The van der Waals surface area contributed by atoms with Crippen molar-refractivity contribution in [3.05, 3.63) is 23.8 Å². The van der Waals surface area contributed by atoms with Gasteiger partial charge in [0, 0.05) is 19.5 Å². The summed E-state index contributed by atoms with van der Waals surface area (Å²) in [5.41, 5.74) is 1.10. The molecule has 0 aliphatic heterocycles. The molecule has 0 unspecified atom stereocenters. The van der Waals surface area contributed by atoms with E-state index in [9.17, 15) is 4.79 Å². The van der Waals surface area contributed by atoms with E-state index in [4.69, 9.17) is 4.74 Å². The lowest BCUT2D eigenvalue weighted by Crippen LogP contribution is -2.15. The number of rotatable bonds is 4. The van der Waals surface area contributed by atoms with Gasteiger partial charge in [0.15, 0.2) is 5.78 Å². The second-order valence-corrected chi connectivity index (χ2v) is 4.79. The van der Waals surface area contributed by atoms with E-state index in [1.165, 1.54) is 7.11 Å². The quantitative estimate of drug-likeness (QED) is 0.775. The van der Waals surface area contributed by atoms with Crippen molar-refractivity contribution in [1.29, 1.82) is 0 Å². The highest BCUT2D eigenvalue weighted by Gasteiger charge is 2.14. The lowest BCUT2D eigenvalue weighted by Gasteiger charge is -2.17. The zero-order valence-corrected chi connectivity index (χ0v) is 10.3. The molecule has 0 aliphatic carbocycles. The van der Waals surface area contributed by atoms with E-state index < -0.39 is 0 Å². The Balaban J connectivity index is 2.69. The molecule has 1 aromatic heterocycles. The number of carbonyl (C=O) groups excluding carboxylic acids is 1. The van der Waals surface area contributed by atoms with Crippen LogP contribution in [0.2, 0.25) is 0 Å². The number of ketones is 1. The first-order valence-corrected chi connectivity index (χ1v) is 5.25. The van der Waals surface area contributed by atoms with Gasteiger partial charge >= 0.3 is 0 Å². The molecule has 0 saturated carbocycles. The highest BCUT2D eigenvalue weighted by molar-refractivity contribution is 5.81. The molecule has 16 heavy (non-hydrogen) atoms. The standard InChI is InChI=1S/C12H18N2O2/c1-12(2,3)9-6-13-11(14-7-9)5-10(15)8-16-4/h6-7H,5,8H2,1-4H3. The van der Waals surface area contributed by atoms with Gasteiger partial charge < -0.3 is 4.74 Å². The normalized spacial score (nSPS) is 11.5. The predicted molar refractivity (Wildman–Crippen MR) is 61.3 cm³/mol. The van der Waals surface area contributed by atoms with Crippen LogP contribution in [0.3, 0.4) is 0 Å². The summed E-state index contributed by atoms with van der Waals surface area (Å²) in [5, 5.41) is 0. The molecular weight excluding hydrogens is 204 g/mol. The van der Waals surface area contributed by atoms with Gasteiger partial charge in [-0.25, -0.2) is 9.97 Å². The van der Waals surface area contributed by atoms with Crippen LogP contribution in [0.4, 0.5) is 0 Å². The molecule has 0 N–H and O–H groups in total. The molecule has 4 nitrogen and oxygen atoms in total. The van der Waals surface area contributed by atoms with Crippen LogP contribution in [0.5, 0.6) is 0 Å². The molecular formula is C12H18N2O2. The first-order valence-electron chi connectivity index (χ1n) is 5.25. The van der Waals surface area contributed by atoms with Crippen LogP contribution in [0.15, 0.2) is 12.4 Å². The smallest absolute Gasteiger partial charge is 0.166 e. The lowest BCUT2D eigenvalue weighted by atomic mass is 9.89. The van der Waals surface area contributed by atoms with Crippen LogP contribution in [0.25, 0.3) is 0 Å². The predicted octanol–water partition coefficient (Wildman–Crippen LogP) is 1.53. The molecule has 0 spiro atoms. The van der Waals surface area contributed by atoms with Gasteiger partial charge in [0.25, 0.3) is 0 Å². The van der Waals surface area contributed by atoms with Crippen molar-refractivity contribution in [3.63, 3.8) is 0 Å². The minimum absolute atomic E-state index is 0.00833. The second kappa shape index (κ2) is 5.16. The zero-order chi connectivity index (χ0) is 12.2. The summed E-state index contributed by atoms with van der Waals surface area (Å²) in [6.07, 6.45) is 3.79.